The highest BCUT2D eigenvalue weighted by molar-refractivity contribution is 6.35. The fourth-order valence-electron chi connectivity index (χ4n) is 2.58. The Balaban J connectivity index is 2.55. The molecule has 2 aromatic rings. The van der Waals surface area contributed by atoms with Crippen LogP contribution in [0.2, 0.25) is 10.0 Å². The van der Waals surface area contributed by atoms with Crippen molar-refractivity contribution in [1.82, 2.24) is 4.98 Å². The van der Waals surface area contributed by atoms with Crippen molar-refractivity contribution < 1.29 is 14.3 Å². The number of nitriles is 1. The van der Waals surface area contributed by atoms with Crippen molar-refractivity contribution in [2.24, 2.45) is 0 Å². The summed E-state index contributed by atoms with van der Waals surface area (Å²) in [6.45, 7) is 5.18. The van der Waals surface area contributed by atoms with Crippen LogP contribution in [0.5, 0.6) is 0 Å². The number of aryl methyl sites for hydroxylation is 2. The molecule has 0 saturated carbocycles. The lowest BCUT2D eigenvalue weighted by molar-refractivity contribution is 0.0523. The van der Waals surface area contributed by atoms with Crippen LogP contribution in [0.25, 0.3) is 6.08 Å². The predicted octanol–water partition coefficient (Wildman–Crippen LogP) is 4.90. The van der Waals surface area contributed by atoms with Crippen LogP contribution in [0.1, 0.15) is 44.6 Å². The number of H-pyrrole nitrogens is 1. The van der Waals surface area contributed by atoms with E-state index < -0.39 is 11.8 Å². The van der Waals surface area contributed by atoms with Gasteiger partial charge in [-0.2, -0.15) is 5.26 Å². The van der Waals surface area contributed by atoms with Crippen LogP contribution in [-0.4, -0.2) is 23.3 Å². The van der Waals surface area contributed by atoms with Crippen LogP contribution in [-0.2, 0) is 4.74 Å². The van der Waals surface area contributed by atoms with Gasteiger partial charge >= 0.3 is 5.97 Å². The highest BCUT2D eigenvalue weighted by Gasteiger charge is 2.27. The lowest BCUT2D eigenvalue weighted by Gasteiger charge is -2.06. The molecule has 0 bridgehead atoms. The average Bonchev–Trinajstić information content (AvgIpc) is 2.88. The van der Waals surface area contributed by atoms with Crippen LogP contribution in [0, 0.1) is 25.2 Å². The minimum absolute atomic E-state index is 0.124. The lowest BCUT2D eigenvalue weighted by Crippen LogP contribution is -2.13. The van der Waals surface area contributed by atoms with Gasteiger partial charge in [0.25, 0.3) is 0 Å². The Labute approximate surface area is 161 Å². The molecule has 0 aliphatic heterocycles. The number of halogens is 2. The number of nitrogens with zero attached hydrogens (tertiary/aromatic N) is 1. The van der Waals surface area contributed by atoms with E-state index in [4.69, 9.17) is 27.9 Å². The molecule has 7 heteroatoms. The molecule has 0 unspecified atom stereocenters. The quantitative estimate of drug-likeness (QED) is 0.340. The van der Waals surface area contributed by atoms with E-state index in [1.54, 1.807) is 32.9 Å². The second-order valence-corrected chi connectivity index (χ2v) is 6.35. The molecule has 134 valence electrons. The number of rotatable bonds is 5. The zero-order valence-corrected chi connectivity index (χ0v) is 16.0. The van der Waals surface area contributed by atoms with Gasteiger partial charge in [0.05, 0.1) is 17.7 Å². The van der Waals surface area contributed by atoms with Crippen molar-refractivity contribution in [3.05, 3.63) is 61.9 Å². The number of aromatic nitrogens is 1. The normalized spacial score (nSPS) is 11.2. The first kappa shape index (κ1) is 19.8. The van der Waals surface area contributed by atoms with Crippen LogP contribution in [0.15, 0.2) is 23.8 Å². The number of aromatic amines is 1. The summed E-state index contributed by atoms with van der Waals surface area (Å²) in [6.07, 6.45) is 1.37. The Hall–Kier alpha value is -2.55. The van der Waals surface area contributed by atoms with Crippen LogP contribution in [0.3, 0.4) is 0 Å². The van der Waals surface area contributed by atoms with Gasteiger partial charge in [0.1, 0.15) is 11.6 Å². The number of benzene rings is 1. The first-order valence-electron chi connectivity index (χ1n) is 7.78. The van der Waals surface area contributed by atoms with Crippen molar-refractivity contribution in [3.63, 3.8) is 0 Å². The Bertz CT molecular complexity index is 952. The van der Waals surface area contributed by atoms with Gasteiger partial charge in [-0.25, -0.2) is 4.79 Å². The number of hydrogen-bond acceptors (Lipinski definition) is 4. The van der Waals surface area contributed by atoms with E-state index in [-0.39, 0.29) is 23.3 Å². The molecule has 0 amide bonds. The number of ketones is 1. The molecule has 1 aromatic heterocycles. The first-order chi connectivity index (χ1) is 12.3. The van der Waals surface area contributed by atoms with E-state index >= 15 is 0 Å². The minimum Gasteiger partial charge on any atom is -0.462 e. The van der Waals surface area contributed by atoms with E-state index in [2.05, 4.69) is 4.98 Å². The number of hydrogen-bond donors (Lipinski definition) is 1. The lowest BCUT2D eigenvalue weighted by atomic mass is 9.98. The maximum Gasteiger partial charge on any atom is 0.340 e. The molecule has 1 N–H and O–H groups in total. The summed E-state index contributed by atoms with van der Waals surface area (Å²) in [5, 5.41) is 10.2. The number of carbonyl (C=O) groups is 2. The Morgan fingerprint density at radius 2 is 1.88 bits per heavy atom. The summed E-state index contributed by atoms with van der Waals surface area (Å²) in [6, 6.07) is 6.61. The van der Waals surface area contributed by atoms with Gasteiger partial charge in [0.2, 0.25) is 5.78 Å². The van der Waals surface area contributed by atoms with Gasteiger partial charge in [-0.15, -0.1) is 0 Å². The highest BCUT2D eigenvalue weighted by atomic mass is 35.5. The summed E-state index contributed by atoms with van der Waals surface area (Å²) in [4.78, 5) is 28.1. The molecular formula is C19H16Cl2N2O3. The van der Waals surface area contributed by atoms with Crippen molar-refractivity contribution in [2.75, 3.05) is 6.61 Å². The maximum atomic E-state index is 12.9. The third-order valence-corrected chi connectivity index (χ3v) is 4.27. The minimum atomic E-state index is -0.612. The highest BCUT2D eigenvalue weighted by Crippen LogP contribution is 2.26. The molecular weight excluding hydrogens is 375 g/mol. The topological polar surface area (TPSA) is 83.0 Å². The van der Waals surface area contributed by atoms with Gasteiger partial charge in [0.15, 0.2) is 0 Å². The second-order valence-electron chi connectivity index (χ2n) is 5.51. The van der Waals surface area contributed by atoms with Gasteiger partial charge in [-0.05, 0) is 44.5 Å². The molecule has 5 nitrogen and oxygen atoms in total. The molecule has 0 saturated heterocycles. The number of esters is 1. The van der Waals surface area contributed by atoms with Crippen LogP contribution >= 0.6 is 23.2 Å². The van der Waals surface area contributed by atoms with Gasteiger partial charge in [-0.3, -0.25) is 4.79 Å². The molecule has 0 atom stereocenters. The standard InChI is InChI=1S/C19H16Cl2N2O3/c1-4-26-19(25)17-11(3)23-10(2)16(17)18(24)13(9-22)7-12-5-6-14(20)8-15(12)21/h5-8,23H,4H2,1-3H3/b13-7+. The Morgan fingerprint density at radius 3 is 2.46 bits per heavy atom. The van der Waals surface area contributed by atoms with E-state index in [1.807, 2.05) is 6.07 Å². The number of allylic oxidation sites excluding steroid dienone is 1. The van der Waals surface area contributed by atoms with E-state index in [9.17, 15) is 14.9 Å². The molecule has 1 aromatic carbocycles. The zero-order chi connectivity index (χ0) is 19.4. The largest absolute Gasteiger partial charge is 0.462 e. The van der Waals surface area contributed by atoms with Crippen LogP contribution < -0.4 is 0 Å². The van der Waals surface area contributed by atoms with E-state index in [1.165, 1.54) is 12.1 Å². The Kier molecular flexibility index (Phi) is 6.25. The monoisotopic (exact) mass is 390 g/mol. The van der Waals surface area contributed by atoms with Gasteiger partial charge in [0, 0.05) is 21.4 Å². The first-order valence-corrected chi connectivity index (χ1v) is 8.53. The average molecular weight is 391 g/mol. The zero-order valence-electron chi connectivity index (χ0n) is 14.4. The third-order valence-electron chi connectivity index (χ3n) is 3.71. The molecule has 1 heterocycles. The van der Waals surface area contributed by atoms with Crippen LogP contribution in [0.4, 0.5) is 0 Å². The Morgan fingerprint density at radius 1 is 1.23 bits per heavy atom. The molecule has 0 aliphatic rings. The fourth-order valence-corrected chi connectivity index (χ4v) is 3.04. The van der Waals surface area contributed by atoms with Crippen molar-refractivity contribution >= 4 is 41.0 Å². The number of carbonyl (C=O) groups excluding carboxylic acids is 2. The molecule has 0 radical (unpaired) electrons. The third kappa shape index (κ3) is 3.98. The van der Waals surface area contributed by atoms with E-state index in [0.717, 1.165) is 0 Å². The molecule has 0 spiro atoms. The second kappa shape index (κ2) is 8.22. The molecule has 2 rings (SSSR count). The molecule has 0 aliphatic carbocycles. The van der Waals surface area contributed by atoms with Crippen molar-refractivity contribution in [1.29, 1.82) is 5.26 Å². The van der Waals surface area contributed by atoms with Gasteiger partial charge in [-0.1, -0.05) is 29.3 Å². The smallest absolute Gasteiger partial charge is 0.340 e. The molecule has 26 heavy (non-hydrogen) atoms. The number of Topliss-reactive ketones (excluding diaryl/α,β-unsaturated/α-hetero) is 1. The SMILES string of the molecule is CCOC(=O)c1c(C)[nH]c(C)c1C(=O)/C(C#N)=C/c1ccc(Cl)cc1Cl. The number of ether oxygens (including phenoxy) is 1. The molecule has 0 fully saturated rings. The summed E-state index contributed by atoms with van der Waals surface area (Å²) < 4.78 is 5.03. The predicted molar refractivity (Wildman–Crippen MR) is 101 cm³/mol. The van der Waals surface area contributed by atoms with E-state index in [0.29, 0.717) is 27.0 Å². The van der Waals surface area contributed by atoms with Gasteiger partial charge < -0.3 is 9.72 Å². The van der Waals surface area contributed by atoms with Crippen molar-refractivity contribution in [2.45, 2.75) is 20.8 Å². The number of nitrogens with one attached hydrogen (secondary N) is 1. The maximum absolute atomic E-state index is 12.9. The summed E-state index contributed by atoms with van der Waals surface area (Å²) in [7, 11) is 0. The fraction of sp³-hybridized carbons (Fsp3) is 0.211. The summed E-state index contributed by atoms with van der Waals surface area (Å²) in [5.41, 5.74) is 1.58. The summed E-state index contributed by atoms with van der Waals surface area (Å²) in [5.74, 6) is -1.19. The van der Waals surface area contributed by atoms with Crippen molar-refractivity contribution in [3.8, 4) is 6.07 Å². The summed E-state index contributed by atoms with van der Waals surface area (Å²) >= 11 is 12.0.